The fraction of sp³-hybridized carbons (Fsp3) is 0.733. The molecule has 0 spiro atoms. The molecule has 0 saturated carbocycles. The zero-order valence-electron chi connectivity index (χ0n) is 13.5. The number of aromatic nitrogens is 2. The molecule has 1 aromatic heterocycles. The van der Waals surface area contributed by atoms with Crippen LogP contribution in [0, 0.1) is 0 Å². The Labute approximate surface area is 144 Å². The lowest BCUT2D eigenvalue weighted by molar-refractivity contribution is -0.135. The van der Waals surface area contributed by atoms with Gasteiger partial charge in [-0.05, 0) is 19.8 Å². The molecule has 126 valence electrons. The molecule has 2 aliphatic heterocycles. The van der Waals surface area contributed by atoms with Crippen LogP contribution >= 0.6 is 23.1 Å². The molecule has 0 aromatic carbocycles. The van der Waals surface area contributed by atoms with Crippen molar-refractivity contribution in [2.75, 3.05) is 11.1 Å². The summed E-state index contributed by atoms with van der Waals surface area (Å²) in [5, 5.41) is 12.5. The van der Waals surface area contributed by atoms with E-state index in [9.17, 15) is 9.59 Å². The maximum atomic E-state index is 12.5. The fourth-order valence-corrected chi connectivity index (χ4v) is 5.35. The monoisotopic (exact) mass is 354 g/mol. The van der Waals surface area contributed by atoms with Gasteiger partial charge in [-0.3, -0.25) is 14.9 Å². The molecule has 3 rings (SSSR count). The number of aryl methyl sites for hydroxylation is 1. The number of nitrogens with zero attached hydrogens (tertiary/aromatic N) is 3. The Morgan fingerprint density at radius 1 is 1.43 bits per heavy atom. The quantitative estimate of drug-likeness (QED) is 0.795. The second-order valence-electron chi connectivity index (χ2n) is 6.21. The van der Waals surface area contributed by atoms with E-state index >= 15 is 0 Å². The van der Waals surface area contributed by atoms with Gasteiger partial charge in [-0.25, -0.2) is 0 Å². The first-order valence-corrected chi connectivity index (χ1v) is 9.93. The van der Waals surface area contributed by atoms with Crippen molar-refractivity contribution < 1.29 is 9.59 Å². The second kappa shape index (κ2) is 6.76. The third-order valence-corrected chi connectivity index (χ3v) is 6.84. The van der Waals surface area contributed by atoms with Gasteiger partial charge < -0.3 is 4.90 Å². The lowest BCUT2D eigenvalue weighted by atomic mass is 10.2. The predicted molar refractivity (Wildman–Crippen MR) is 92.5 cm³/mol. The van der Waals surface area contributed by atoms with Crippen LogP contribution in [0.1, 0.15) is 51.0 Å². The summed E-state index contributed by atoms with van der Waals surface area (Å²) in [7, 11) is 0. The number of rotatable bonds is 6. The van der Waals surface area contributed by atoms with E-state index in [0.717, 1.165) is 24.3 Å². The Kier molecular flexibility index (Phi) is 4.91. The minimum absolute atomic E-state index is 0.0789. The van der Waals surface area contributed by atoms with Gasteiger partial charge in [0.2, 0.25) is 16.9 Å². The summed E-state index contributed by atoms with van der Waals surface area (Å²) in [5.74, 6) is 0.582. The smallest absolute Gasteiger partial charge is 0.249 e. The van der Waals surface area contributed by atoms with E-state index in [0.29, 0.717) is 17.3 Å². The summed E-state index contributed by atoms with van der Waals surface area (Å²) in [6.45, 7) is 4.21. The third kappa shape index (κ3) is 3.38. The molecule has 23 heavy (non-hydrogen) atoms. The molecule has 0 aliphatic carbocycles. The van der Waals surface area contributed by atoms with Gasteiger partial charge in [0.25, 0.3) is 0 Å². The number of carbonyl (C=O) groups is 2. The Balaban J connectivity index is 1.60. The highest BCUT2D eigenvalue weighted by atomic mass is 32.2. The minimum atomic E-state index is -0.396. The molecule has 2 atom stereocenters. The van der Waals surface area contributed by atoms with Gasteiger partial charge in [-0.2, -0.15) is 0 Å². The van der Waals surface area contributed by atoms with Crippen LogP contribution in [0.5, 0.6) is 0 Å². The largest absolute Gasteiger partial charge is 0.315 e. The van der Waals surface area contributed by atoms with E-state index in [1.54, 1.807) is 16.7 Å². The highest BCUT2D eigenvalue weighted by molar-refractivity contribution is 8.01. The summed E-state index contributed by atoms with van der Waals surface area (Å²) in [6.07, 6.45) is 5.71. The van der Waals surface area contributed by atoms with Gasteiger partial charge >= 0.3 is 0 Å². The molecule has 2 aliphatic rings. The van der Waals surface area contributed by atoms with E-state index in [1.165, 1.54) is 24.2 Å². The van der Waals surface area contributed by atoms with E-state index in [2.05, 4.69) is 22.4 Å². The van der Waals surface area contributed by atoms with Gasteiger partial charge in [0.1, 0.15) is 11.0 Å². The Hall–Kier alpha value is -1.15. The molecule has 1 N–H and O–H groups in total. The molecule has 0 radical (unpaired) electrons. The first kappa shape index (κ1) is 16.7. The summed E-state index contributed by atoms with van der Waals surface area (Å²) in [6, 6.07) is -0.396. The lowest BCUT2D eigenvalue weighted by Crippen LogP contribution is -2.48. The summed E-state index contributed by atoms with van der Waals surface area (Å²) < 4.78 is 0. The van der Waals surface area contributed by atoms with Gasteiger partial charge in [-0.15, -0.1) is 22.0 Å². The summed E-state index contributed by atoms with van der Waals surface area (Å²) in [5.41, 5.74) is 0. The van der Waals surface area contributed by atoms with Crippen molar-refractivity contribution in [3.8, 4) is 0 Å². The first-order chi connectivity index (χ1) is 11.0. The number of unbranched alkanes of at least 4 members (excludes halogenated alkanes) is 2. The number of hydrogen-bond acceptors (Lipinski definition) is 6. The van der Waals surface area contributed by atoms with Crippen molar-refractivity contribution in [3.05, 3.63) is 5.01 Å². The SMILES string of the molecule is CCCCCc1nnc(NC(=O)C2CSC3(C)CCC(=O)N23)s1. The van der Waals surface area contributed by atoms with Crippen molar-refractivity contribution in [1.82, 2.24) is 15.1 Å². The number of amides is 2. The molecule has 2 amide bonds. The van der Waals surface area contributed by atoms with Crippen LogP contribution in [0.4, 0.5) is 5.13 Å². The van der Waals surface area contributed by atoms with Crippen LogP contribution in [-0.2, 0) is 16.0 Å². The molecule has 1 aromatic rings. The molecular weight excluding hydrogens is 332 g/mol. The molecule has 0 bridgehead atoms. The van der Waals surface area contributed by atoms with Crippen LogP contribution in [-0.4, -0.2) is 43.6 Å². The zero-order chi connectivity index (χ0) is 16.4. The standard InChI is InChI=1S/C15H22N4O2S2/c1-3-4-5-6-11-17-18-14(23-11)16-13(21)10-9-22-15(2)8-7-12(20)19(10)15/h10H,3-9H2,1-2H3,(H,16,18,21). The number of hydrogen-bond donors (Lipinski definition) is 1. The van der Waals surface area contributed by atoms with Crippen LogP contribution in [0.25, 0.3) is 0 Å². The number of carbonyl (C=O) groups excluding carboxylic acids is 2. The van der Waals surface area contributed by atoms with E-state index in [4.69, 9.17) is 0 Å². The highest BCUT2D eigenvalue weighted by Gasteiger charge is 2.52. The molecular formula is C15H22N4O2S2. The van der Waals surface area contributed by atoms with Gasteiger partial charge in [0.15, 0.2) is 0 Å². The van der Waals surface area contributed by atoms with Crippen molar-refractivity contribution in [3.63, 3.8) is 0 Å². The topological polar surface area (TPSA) is 75.2 Å². The molecule has 8 heteroatoms. The molecule has 3 heterocycles. The summed E-state index contributed by atoms with van der Waals surface area (Å²) >= 11 is 3.13. The van der Waals surface area contributed by atoms with Crippen molar-refractivity contribution in [2.24, 2.45) is 0 Å². The van der Waals surface area contributed by atoms with E-state index < -0.39 is 6.04 Å². The molecule has 6 nitrogen and oxygen atoms in total. The second-order valence-corrected chi connectivity index (χ2v) is 8.78. The normalized spacial score (nSPS) is 26.6. The van der Waals surface area contributed by atoms with Crippen LogP contribution in [0.15, 0.2) is 0 Å². The number of nitrogens with one attached hydrogen (secondary N) is 1. The van der Waals surface area contributed by atoms with E-state index in [-0.39, 0.29) is 16.7 Å². The van der Waals surface area contributed by atoms with Gasteiger partial charge in [-0.1, -0.05) is 31.1 Å². The van der Waals surface area contributed by atoms with Crippen LogP contribution in [0.3, 0.4) is 0 Å². The maximum Gasteiger partial charge on any atom is 0.249 e. The van der Waals surface area contributed by atoms with Crippen molar-refractivity contribution in [1.29, 1.82) is 0 Å². The fourth-order valence-electron chi connectivity index (χ4n) is 3.13. The number of fused-ring (bicyclic) bond motifs is 1. The lowest BCUT2D eigenvalue weighted by Gasteiger charge is -2.29. The molecule has 2 unspecified atom stereocenters. The number of anilines is 1. The third-order valence-electron chi connectivity index (χ3n) is 4.44. The first-order valence-electron chi connectivity index (χ1n) is 8.13. The average molecular weight is 355 g/mol. The summed E-state index contributed by atoms with van der Waals surface area (Å²) in [4.78, 5) is 26.2. The Bertz CT molecular complexity index is 606. The van der Waals surface area contributed by atoms with Gasteiger partial charge in [0, 0.05) is 18.6 Å². The predicted octanol–water partition coefficient (Wildman–Crippen LogP) is 2.66. The van der Waals surface area contributed by atoms with Crippen molar-refractivity contribution >= 4 is 40.0 Å². The molecule has 2 fully saturated rings. The van der Waals surface area contributed by atoms with E-state index in [1.807, 2.05) is 6.92 Å². The zero-order valence-corrected chi connectivity index (χ0v) is 15.1. The Morgan fingerprint density at radius 2 is 2.26 bits per heavy atom. The van der Waals surface area contributed by atoms with Crippen molar-refractivity contribution in [2.45, 2.75) is 63.3 Å². The van der Waals surface area contributed by atoms with Crippen LogP contribution < -0.4 is 5.32 Å². The minimum Gasteiger partial charge on any atom is -0.315 e. The maximum absolute atomic E-state index is 12.5. The van der Waals surface area contributed by atoms with Crippen LogP contribution in [0.2, 0.25) is 0 Å². The average Bonchev–Trinajstić information content (AvgIpc) is 3.17. The number of thioether (sulfide) groups is 1. The highest BCUT2D eigenvalue weighted by Crippen LogP contribution is 2.47. The van der Waals surface area contributed by atoms with Gasteiger partial charge in [0.05, 0.1) is 4.87 Å². The molecule has 2 saturated heterocycles. The Morgan fingerprint density at radius 3 is 3.04 bits per heavy atom.